The fraction of sp³-hybridized carbons (Fsp3) is 0.500. The Bertz CT molecular complexity index is 572. The molecule has 0 aromatic heterocycles. The van der Waals surface area contributed by atoms with Crippen LogP contribution < -0.4 is 4.90 Å². The molecule has 2 aliphatic heterocycles. The van der Waals surface area contributed by atoms with Crippen LogP contribution in [0.2, 0.25) is 5.02 Å². The van der Waals surface area contributed by atoms with Gasteiger partial charge in [-0.15, -0.1) is 0 Å². The number of benzene rings is 1. The van der Waals surface area contributed by atoms with Crippen molar-refractivity contribution in [2.24, 2.45) is 0 Å². The standard InChI is InChI=1S/C16H20ClN3O2/c17-13-5-4-6-14(11-13)20-10-9-19(16(20)22)12-15(21)18-7-2-1-3-8-18/h4-6,11H,1-3,7-10,12H2. The van der Waals surface area contributed by atoms with Gasteiger partial charge < -0.3 is 9.80 Å². The predicted molar refractivity (Wildman–Crippen MR) is 86.2 cm³/mol. The summed E-state index contributed by atoms with van der Waals surface area (Å²) in [5, 5.41) is 0.605. The van der Waals surface area contributed by atoms with E-state index in [0.717, 1.165) is 31.6 Å². The van der Waals surface area contributed by atoms with E-state index in [1.807, 2.05) is 17.0 Å². The first-order valence-electron chi connectivity index (χ1n) is 7.75. The summed E-state index contributed by atoms with van der Waals surface area (Å²) >= 11 is 5.98. The van der Waals surface area contributed by atoms with Crippen LogP contribution in [-0.2, 0) is 4.79 Å². The van der Waals surface area contributed by atoms with Crippen LogP contribution in [-0.4, -0.2) is 54.5 Å². The van der Waals surface area contributed by atoms with Crippen molar-refractivity contribution in [1.29, 1.82) is 0 Å². The minimum Gasteiger partial charge on any atom is -0.341 e. The topological polar surface area (TPSA) is 43.9 Å². The maximum Gasteiger partial charge on any atom is 0.325 e. The van der Waals surface area contributed by atoms with E-state index in [-0.39, 0.29) is 18.5 Å². The zero-order chi connectivity index (χ0) is 15.5. The fourth-order valence-electron chi connectivity index (χ4n) is 3.02. The Labute approximate surface area is 135 Å². The lowest BCUT2D eigenvalue weighted by molar-refractivity contribution is -0.132. The Kier molecular flexibility index (Phi) is 4.52. The number of piperidine rings is 1. The molecular formula is C16H20ClN3O2. The first kappa shape index (κ1) is 15.2. The fourth-order valence-corrected chi connectivity index (χ4v) is 3.20. The molecule has 0 saturated carbocycles. The second-order valence-corrected chi connectivity index (χ2v) is 6.21. The number of hydrogen-bond donors (Lipinski definition) is 0. The molecule has 3 rings (SSSR count). The second kappa shape index (κ2) is 6.57. The molecule has 1 aromatic rings. The van der Waals surface area contributed by atoms with E-state index in [1.165, 1.54) is 6.42 Å². The highest BCUT2D eigenvalue weighted by atomic mass is 35.5. The van der Waals surface area contributed by atoms with Crippen molar-refractivity contribution in [1.82, 2.24) is 9.80 Å². The highest BCUT2D eigenvalue weighted by Gasteiger charge is 2.32. The Balaban J connectivity index is 1.62. The Morgan fingerprint density at radius 2 is 1.86 bits per heavy atom. The SMILES string of the molecule is O=C(CN1CCN(c2cccc(Cl)c2)C1=O)N1CCCCC1. The first-order valence-corrected chi connectivity index (χ1v) is 8.13. The summed E-state index contributed by atoms with van der Waals surface area (Å²) in [5.74, 6) is 0.0565. The predicted octanol–water partition coefficient (Wildman–Crippen LogP) is 2.59. The van der Waals surface area contributed by atoms with Crippen LogP contribution in [0, 0.1) is 0 Å². The third-order valence-corrected chi connectivity index (χ3v) is 4.48. The molecule has 0 radical (unpaired) electrons. The van der Waals surface area contributed by atoms with Gasteiger partial charge in [-0.3, -0.25) is 9.69 Å². The van der Waals surface area contributed by atoms with Crippen LogP contribution in [0.1, 0.15) is 19.3 Å². The minimum atomic E-state index is -0.118. The highest BCUT2D eigenvalue weighted by Crippen LogP contribution is 2.23. The Hall–Kier alpha value is -1.75. The van der Waals surface area contributed by atoms with E-state index in [9.17, 15) is 9.59 Å². The molecule has 2 saturated heterocycles. The molecule has 0 N–H and O–H groups in total. The van der Waals surface area contributed by atoms with Crippen molar-refractivity contribution in [2.75, 3.05) is 37.6 Å². The van der Waals surface area contributed by atoms with Gasteiger partial charge in [-0.05, 0) is 37.5 Å². The van der Waals surface area contributed by atoms with Crippen molar-refractivity contribution in [3.8, 4) is 0 Å². The highest BCUT2D eigenvalue weighted by molar-refractivity contribution is 6.30. The van der Waals surface area contributed by atoms with E-state index in [1.54, 1.807) is 21.9 Å². The lowest BCUT2D eigenvalue weighted by Crippen LogP contribution is -2.44. The van der Waals surface area contributed by atoms with Gasteiger partial charge >= 0.3 is 6.03 Å². The monoisotopic (exact) mass is 321 g/mol. The number of hydrogen-bond acceptors (Lipinski definition) is 2. The summed E-state index contributed by atoms with van der Waals surface area (Å²) in [6.45, 7) is 2.98. The molecule has 2 heterocycles. The number of likely N-dealkylation sites (tertiary alicyclic amines) is 1. The maximum absolute atomic E-state index is 12.5. The lowest BCUT2D eigenvalue weighted by atomic mass is 10.1. The number of amides is 3. The van der Waals surface area contributed by atoms with Crippen molar-refractivity contribution in [3.05, 3.63) is 29.3 Å². The van der Waals surface area contributed by atoms with Gasteiger partial charge in [0.15, 0.2) is 0 Å². The third-order valence-electron chi connectivity index (χ3n) is 4.25. The summed E-state index contributed by atoms with van der Waals surface area (Å²) in [6.07, 6.45) is 3.32. The van der Waals surface area contributed by atoms with Crippen LogP contribution in [0.5, 0.6) is 0 Å². The largest absolute Gasteiger partial charge is 0.341 e. The molecular weight excluding hydrogens is 302 g/mol. The molecule has 22 heavy (non-hydrogen) atoms. The Morgan fingerprint density at radius 1 is 1.09 bits per heavy atom. The zero-order valence-electron chi connectivity index (χ0n) is 12.5. The molecule has 0 unspecified atom stereocenters. The second-order valence-electron chi connectivity index (χ2n) is 5.78. The number of carbonyl (C=O) groups excluding carboxylic acids is 2. The molecule has 0 atom stereocenters. The molecule has 6 heteroatoms. The van der Waals surface area contributed by atoms with Gasteiger partial charge in [0.1, 0.15) is 6.54 Å². The van der Waals surface area contributed by atoms with Crippen LogP contribution in [0.3, 0.4) is 0 Å². The molecule has 2 aliphatic rings. The van der Waals surface area contributed by atoms with Crippen molar-refractivity contribution in [2.45, 2.75) is 19.3 Å². The smallest absolute Gasteiger partial charge is 0.325 e. The van der Waals surface area contributed by atoms with Gasteiger partial charge in [-0.2, -0.15) is 0 Å². The molecule has 1 aromatic carbocycles. The van der Waals surface area contributed by atoms with Gasteiger partial charge in [0.2, 0.25) is 5.91 Å². The number of anilines is 1. The quantitative estimate of drug-likeness (QED) is 0.859. The summed E-state index contributed by atoms with van der Waals surface area (Å²) in [4.78, 5) is 29.9. The van der Waals surface area contributed by atoms with E-state index in [4.69, 9.17) is 11.6 Å². The van der Waals surface area contributed by atoms with E-state index >= 15 is 0 Å². The molecule has 118 valence electrons. The van der Waals surface area contributed by atoms with Crippen LogP contribution in [0.25, 0.3) is 0 Å². The third kappa shape index (κ3) is 3.19. The van der Waals surface area contributed by atoms with Crippen molar-refractivity contribution in [3.63, 3.8) is 0 Å². The molecule has 2 fully saturated rings. The summed E-state index contributed by atoms with van der Waals surface area (Å²) < 4.78 is 0. The lowest BCUT2D eigenvalue weighted by Gasteiger charge is -2.28. The van der Waals surface area contributed by atoms with Gasteiger partial charge in [0, 0.05) is 36.9 Å². The van der Waals surface area contributed by atoms with Gasteiger partial charge in [-0.1, -0.05) is 17.7 Å². The number of nitrogens with zero attached hydrogens (tertiary/aromatic N) is 3. The van der Waals surface area contributed by atoms with Gasteiger partial charge in [-0.25, -0.2) is 4.79 Å². The number of carbonyl (C=O) groups is 2. The minimum absolute atomic E-state index is 0.0565. The number of halogens is 1. The van der Waals surface area contributed by atoms with Crippen molar-refractivity contribution < 1.29 is 9.59 Å². The molecule has 3 amide bonds. The Morgan fingerprint density at radius 3 is 2.59 bits per heavy atom. The normalized spacial score (nSPS) is 19.0. The van der Waals surface area contributed by atoms with Gasteiger partial charge in [0.05, 0.1) is 0 Å². The van der Waals surface area contributed by atoms with Crippen LogP contribution in [0.4, 0.5) is 10.5 Å². The summed E-state index contributed by atoms with van der Waals surface area (Å²) in [6, 6.07) is 7.12. The summed E-state index contributed by atoms with van der Waals surface area (Å²) in [7, 11) is 0. The molecule has 0 bridgehead atoms. The molecule has 0 aliphatic carbocycles. The number of urea groups is 1. The molecule has 0 spiro atoms. The van der Waals surface area contributed by atoms with Crippen LogP contribution in [0.15, 0.2) is 24.3 Å². The van der Waals surface area contributed by atoms with E-state index in [2.05, 4.69) is 0 Å². The van der Waals surface area contributed by atoms with E-state index in [0.29, 0.717) is 18.1 Å². The van der Waals surface area contributed by atoms with Crippen LogP contribution >= 0.6 is 11.6 Å². The summed E-state index contributed by atoms with van der Waals surface area (Å²) in [5.41, 5.74) is 0.783. The van der Waals surface area contributed by atoms with Crippen molar-refractivity contribution >= 4 is 29.2 Å². The average Bonchev–Trinajstić information content (AvgIpc) is 2.89. The number of rotatable bonds is 3. The van der Waals surface area contributed by atoms with Gasteiger partial charge in [0.25, 0.3) is 0 Å². The average molecular weight is 322 g/mol. The maximum atomic E-state index is 12.5. The molecule has 5 nitrogen and oxygen atoms in total. The van der Waals surface area contributed by atoms with E-state index < -0.39 is 0 Å². The first-order chi connectivity index (χ1) is 10.6. The zero-order valence-corrected chi connectivity index (χ0v) is 13.3.